The third-order valence-corrected chi connectivity index (χ3v) is 4.04. The topological polar surface area (TPSA) is 44.5 Å². The quantitative estimate of drug-likeness (QED) is 0.843. The molecule has 2 N–H and O–H groups in total. The van der Waals surface area contributed by atoms with Gasteiger partial charge in [0.2, 0.25) is 0 Å². The number of rotatable bonds is 6. The number of ether oxygens (including phenoxy) is 2. The number of para-hydroxylation sites is 1. The lowest BCUT2D eigenvalue weighted by Crippen LogP contribution is -2.31. The molecular weight excluding hydrogens is 234 g/mol. The van der Waals surface area contributed by atoms with Crippen LogP contribution in [0.3, 0.4) is 0 Å². The van der Waals surface area contributed by atoms with Crippen LogP contribution in [0.25, 0.3) is 0 Å². The summed E-state index contributed by atoms with van der Waals surface area (Å²) in [5.41, 5.74) is 6.76. The van der Waals surface area contributed by atoms with E-state index in [2.05, 4.69) is 6.07 Å². The largest absolute Gasteiger partial charge is 0.493 e. The molecule has 1 fully saturated rings. The van der Waals surface area contributed by atoms with Crippen LogP contribution in [-0.2, 0) is 6.42 Å². The molecule has 4 heteroatoms. The molecule has 3 nitrogen and oxygen atoms in total. The molecular formula is C13H19NO2S. The maximum absolute atomic E-state index is 6.01. The number of aryl methyl sites for hydroxylation is 1. The minimum atomic E-state index is 0.341. The van der Waals surface area contributed by atoms with Crippen molar-refractivity contribution in [2.24, 2.45) is 5.73 Å². The highest BCUT2D eigenvalue weighted by Gasteiger charge is 2.22. The van der Waals surface area contributed by atoms with Gasteiger partial charge in [0.05, 0.1) is 7.11 Å². The minimum absolute atomic E-state index is 0.341. The third-order valence-electron chi connectivity index (χ3n) is 2.82. The molecule has 0 saturated carbocycles. The molecule has 0 unspecified atom stereocenters. The van der Waals surface area contributed by atoms with E-state index in [1.54, 1.807) is 7.11 Å². The lowest BCUT2D eigenvalue weighted by Gasteiger charge is -2.28. The standard InChI is InChI=1S/C13H19NO2S/c1-15-12-6-2-4-10(5-3-7-14)13(12)16-11-8-17-9-11/h2,4,6,11H,3,5,7-9,14H2,1H3. The van der Waals surface area contributed by atoms with Crippen molar-refractivity contribution in [3.05, 3.63) is 23.8 Å². The average Bonchev–Trinajstić information content (AvgIpc) is 2.31. The van der Waals surface area contributed by atoms with Crippen molar-refractivity contribution in [2.75, 3.05) is 25.2 Å². The van der Waals surface area contributed by atoms with E-state index in [9.17, 15) is 0 Å². The van der Waals surface area contributed by atoms with Crippen molar-refractivity contribution in [3.63, 3.8) is 0 Å². The zero-order valence-electron chi connectivity index (χ0n) is 10.1. The van der Waals surface area contributed by atoms with Gasteiger partial charge in [-0.1, -0.05) is 12.1 Å². The smallest absolute Gasteiger partial charge is 0.164 e. The summed E-state index contributed by atoms with van der Waals surface area (Å²) < 4.78 is 11.4. The first-order valence-electron chi connectivity index (χ1n) is 5.95. The van der Waals surface area contributed by atoms with Crippen LogP contribution >= 0.6 is 11.8 Å². The van der Waals surface area contributed by atoms with E-state index < -0.39 is 0 Å². The number of benzene rings is 1. The van der Waals surface area contributed by atoms with E-state index in [1.165, 1.54) is 5.56 Å². The summed E-state index contributed by atoms with van der Waals surface area (Å²) in [7, 11) is 1.68. The summed E-state index contributed by atoms with van der Waals surface area (Å²) in [4.78, 5) is 0. The normalized spacial score (nSPS) is 15.4. The van der Waals surface area contributed by atoms with Gasteiger partial charge in [-0.05, 0) is 31.0 Å². The molecule has 0 spiro atoms. The van der Waals surface area contributed by atoms with Crippen LogP contribution in [0.4, 0.5) is 0 Å². The Labute approximate surface area is 107 Å². The number of hydrogen-bond donors (Lipinski definition) is 1. The highest BCUT2D eigenvalue weighted by atomic mass is 32.2. The summed E-state index contributed by atoms with van der Waals surface area (Å²) in [6.07, 6.45) is 2.26. The van der Waals surface area contributed by atoms with E-state index in [-0.39, 0.29) is 0 Å². The molecule has 1 aliphatic rings. The summed E-state index contributed by atoms with van der Waals surface area (Å²) in [5.74, 6) is 3.90. The van der Waals surface area contributed by atoms with Crippen LogP contribution in [-0.4, -0.2) is 31.3 Å². The molecule has 0 atom stereocenters. The van der Waals surface area contributed by atoms with Gasteiger partial charge in [-0.2, -0.15) is 11.8 Å². The van der Waals surface area contributed by atoms with Gasteiger partial charge in [0.15, 0.2) is 11.5 Å². The first kappa shape index (κ1) is 12.6. The zero-order valence-corrected chi connectivity index (χ0v) is 11.0. The Morgan fingerprint density at radius 2 is 2.24 bits per heavy atom. The number of hydrogen-bond acceptors (Lipinski definition) is 4. The summed E-state index contributed by atoms with van der Waals surface area (Å²) in [5, 5.41) is 0. The molecule has 1 aliphatic heterocycles. The highest BCUT2D eigenvalue weighted by Crippen LogP contribution is 2.35. The van der Waals surface area contributed by atoms with Gasteiger partial charge in [-0.3, -0.25) is 0 Å². The van der Waals surface area contributed by atoms with E-state index >= 15 is 0 Å². The second kappa shape index (κ2) is 6.17. The predicted octanol–water partition coefficient (Wildman–Crippen LogP) is 2.08. The molecule has 2 rings (SSSR count). The van der Waals surface area contributed by atoms with Crippen LogP contribution in [0, 0.1) is 0 Å². The van der Waals surface area contributed by atoms with E-state index in [4.69, 9.17) is 15.2 Å². The van der Waals surface area contributed by atoms with Crippen LogP contribution in [0.1, 0.15) is 12.0 Å². The molecule has 0 amide bonds. The molecule has 0 aliphatic carbocycles. The van der Waals surface area contributed by atoms with Crippen molar-refractivity contribution in [2.45, 2.75) is 18.9 Å². The first-order valence-corrected chi connectivity index (χ1v) is 7.11. The predicted molar refractivity (Wildman–Crippen MR) is 72.1 cm³/mol. The van der Waals surface area contributed by atoms with Crippen molar-refractivity contribution >= 4 is 11.8 Å². The minimum Gasteiger partial charge on any atom is -0.493 e. The second-order valence-corrected chi connectivity index (χ2v) is 5.19. The SMILES string of the molecule is COc1cccc(CCCN)c1OC1CSC1. The fourth-order valence-corrected chi connectivity index (χ4v) is 2.36. The fourth-order valence-electron chi connectivity index (χ4n) is 1.79. The molecule has 1 saturated heterocycles. The number of nitrogens with two attached hydrogens (primary N) is 1. The third kappa shape index (κ3) is 3.07. The summed E-state index contributed by atoms with van der Waals surface area (Å²) in [6.45, 7) is 0.704. The molecule has 1 heterocycles. The number of methoxy groups -OCH3 is 1. The van der Waals surface area contributed by atoms with E-state index in [1.807, 2.05) is 23.9 Å². The Balaban J connectivity index is 2.16. The fraction of sp³-hybridized carbons (Fsp3) is 0.538. The van der Waals surface area contributed by atoms with Crippen LogP contribution in [0.15, 0.2) is 18.2 Å². The molecule has 1 aromatic carbocycles. The van der Waals surface area contributed by atoms with Gasteiger partial charge in [-0.25, -0.2) is 0 Å². The molecule has 94 valence electrons. The summed E-state index contributed by atoms with van der Waals surface area (Å²) >= 11 is 1.92. The molecule has 0 aromatic heterocycles. The van der Waals surface area contributed by atoms with Gasteiger partial charge >= 0.3 is 0 Å². The summed E-state index contributed by atoms with van der Waals surface area (Å²) in [6, 6.07) is 6.06. The van der Waals surface area contributed by atoms with E-state index in [0.29, 0.717) is 12.6 Å². The highest BCUT2D eigenvalue weighted by molar-refractivity contribution is 8.00. The van der Waals surface area contributed by atoms with Gasteiger partial charge in [-0.15, -0.1) is 0 Å². The van der Waals surface area contributed by atoms with Gasteiger partial charge in [0.1, 0.15) is 6.10 Å². The van der Waals surface area contributed by atoms with Crippen molar-refractivity contribution in [3.8, 4) is 11.5 Å². The molecule has 1 aromatic rings. The molecule has 0 radical (unpaired) electrons. The second-order valence-electron chi connectivity index (χ2n) is 4.12. The maximum atomic E-state index is 6.01. The lowest BCUT2D eigenvalue weighted by atomic mass is 10.1. The number of thioether (sulfide) groups is 1. The first-order chi connectivity index (χ1) is 8.35. The van der Waals surface area contributed by atoms with Gasteiger partial charge < -0.3 is 15.2 Å². The Kier molecular flexibility index (Phi) is 4.57. The molecule has 0 bridgehead atoms. The Bertz CT molecular complexity index is 366. The van der Waals surface area contributed by atoms with Crippen LogP contribution in [0.2, 0.25) is 0 Å². The Hall–Kier alpha value is -0.870. The van der Waals surface area contributed by atoms with Crippen molar-refractivity contribution in [1.29, 1.82) is 0 Å². The van der Waals surface area contributed by atoms with Crippen LogP contribution in [0.5, 0.6) is 11.5 Å². The average molecular weight is 253 g/mol. The van der Waals surface area contributed by atoms with E-state index in [0.717, 1.165) is 35.8 Å². The van der Waals surface area contributed by atoms with Crippen LogP contribution < -0.4 is 15.2 Å². The van der Waals surface area contributed by atoms with Gasteiger partial charge in [0, 0.05) is 11.5 Å². The van der Waals surface area contributed by atoms with Gasteiger partial charge in [0.25, 0.3) is 0 Å². The monoisotopic (exact) mass is 253 g/mol. The van der Waals surface area contributed by atoms with Crippen molar-refractivity contribution < 1.29 is 9.47 Å². The lowest BCUT2D eigenvalue weighted by molar-refractivity contribution is 0.226. The Morgan fingerprint density at radius 3 is 2.82 bits per heavy atom. The van der Waals surface area contributed by atoms with Crippen molar-refractivity contribution in [1.82, 2.24) is 0 Å². The maximum Gasteiger partial charge on any atom is 0.164 e. The molecule has 17 heavy (non-hydrogen) atoms. The Morgan fingerprint density at radius 1 is 1.41 bits per heavy atom. The zero-order chi connectivity index (χ0) is 12.1.